The monoisotopic (exact) mass is 433 g/mol. The van der Waals surface area contributed by atoms with E-state index in [1.54, 1.807) is 13.8 Å². The lowest BCUT2D eigenvalue weighted by atomic mass is 10.1. The van der Waals surface area contributed by atoms with Crippen LogP contribution in [-0.4, -0.2) is 42.4 Å². The third-order valence-corrected chi connectivity index (χ3v) is 5.06. The van der Waals surface area contributed by atoms with E-state index in [1.165, 1.54) is 4.57 Å². The molecule has 0 unspecified atom stereocenters. The summed E-state index contributed by atoms with van der Waals surface area (Å²) >= 11 is 0. The fourth-order valence-corrected chi connectivity index (χ4v) is 4.08. The lowest BCUT2D eigenvalue weighted by Gasteiger charge is -2.14. The van der Waals surface area contributed by atoms with Gasteiger partial charge in [-0.2, -0.15) is 8.42 Å². The molecule has 1 heterocycles. The molecule has 1 aromatic carbocycles. The van der Waals surface area contributed by atoms with E-state index in [0.717, 1.165) is 12.1 Å². The van der Waals surface area contributed by atoms with Crippen molar-refractivity contribution in [1.29, 1.82) is 0 Å². The molecule has 1 amide bonds. The predicted octanol–water partition coefficient (Wildman–Crippen LogP) is 1.68. The number of aliphatic hydroxyl groups is 1. The molecule has 9 nitrogen and oxygen atoms in total. The number of rotatable bonds is 9. The summed E-state index contributed by atoms with van der Waals surface area (Å²) in [5.74, 6) is -2.74. The SMILES string of the molecule is CC(C)c1nc(CCO)n(CCOC(N)=O)c1S(=O)(=O)Oc1cc(F)cc(F)c1. The molecular weight excluding hydrogens is 412 g/mol. The molecule has 160 valence electrons. The molecule has 0 saturated heterocycles. The Bertz CT molecular complexity index is 971. The molecule has 0 aliphatic carbocycles. The van der Waals surface area contributed by atoms with Crippen molar-refractivity contribution in [2.45, 2.75) is 37.8 Å². The summed E-state index contributed by atoms with van der Waals surface area (Å²) in [6, 6.07) is 2.02. The van der Waals surface area contributed by atoms with Gasteiger partial charge in [-0.25, -0.2) is 18.6 Å². The Hall–Kier alpha value is -2.73. The van der Waals surface area contributed by atoms with Gasteiger partial charge < -0.3 is 24.3 Å². The third-order valence-electron chi connectivity index (χ3n) is 3.75. The lowest BCUT2D eigenvalue weighted by Crippen LogP contribution is -2.22. The quantitative estimate of drug-likeness (QED) is 0.575. The number of hydrogen-bond donors (Lipinski definition) is 2. The van der Waals surface area contributed by atoms with Crippen molar-refractivity contribution in [2.75, 3.05) is 13.2 Å². The summed E-state index contributed by atoms with van der Waals surface area (Å²) in [4.78, 5) is 15.1. The summed E-state index contributed by atoms with van der Waals surface area (Å²) in [7, 11) is -4.59. The van der Waals surface area contributed by atoms with E-state index < -0.39 is 33.6 Å². The van der Waals surface area contributed by atoms with Gasteiger partial charge in [0.05, 0.1) is 18.8 Å². The van der Waals surface area contributed by atoms with Crippen LogP contribution in [0.4, 0.5) is 13.6 Å². The van der Waals surface area contributed by atoms with E-state index in [9.17, 15) is 27.1 Å². The summed E-state index contributed by atoms with van der Waals surface area (Å²) in [5.41, 5.74) is 5.05. The van der Waals surface area contributed by atoms with Crippen LogP contribution in [0.3, 0.4) is 0 Å². The van der Waals surface area contributed by atoms with Gasteiger partial charge in [0.25, 0.3) is 0 Å². The maximum Gasteiger partial charge on any atom is 0.404 e. The number of halogens is 2. The Morgan fingerprint density at radius 3 is 2.41 bits per heavy atom. The molecule has 0 aliphatic heterocycles. The van der Waals surface area contributed by atoms with E-state index in [4.69, 9.17) is 9.92 Å². The second kappa shape index (κ2) is 9.18. The number of nitrogens with zero attached hydrogens (tertiary/aromatic N) is 2. The number of aromatic nitrogens is 2. The highest BCUT2D eigenvalue weighted by molar-refractivity contribution is 7.87. The van der Waals surface area contributed by atoms with E-state index in [2.05, 4.69) is 9.72 Å². The molecule has 0 radical (unpaired) electrons. The molecular formula is C17H21F2N3O6S. The Morgan fingerprint density at radius 1 is 1.28 bits per heavy atom. The van der Waals surface area contributed by atoms with Gasteiger partial charge in [-0.05, 0) is 5.92 Å². The van der Waals surface area contributed by atoms with Crippen LogP contribution in [0.2, 0.25) is 0 Å². The zero-order valence-corrected chi connectivity index (χ0v) is 16.6. The van der Waals surface area contributed by atoms with Crippen molar-refractivity contribution in [1.82, 2.24) is 9.55 Å². The molecule has 0 atom stereocenters. The van der Waals surface area contributed by atoms with Crippen molar-refractivity contribution in [2.24, 2.45) is 5.73 Å². The smallest absolute Gasteiger partial charge is 0.404 e. The first-order valence-electron chi connectivity index (χ1n) is 8.58. The molecule has 0 spiro atoms. The summed E-state index contributed by atoms with van der Waals surface area (Å²) in [6.45, 7) is 2.65. The maximum absolute atomic E-state index is 13.4. The maximum atomic E-state index is 13.4. The van der Waals surface area contributed by atoms with Crippen molar-refractivity contribution < 1.29 is 36.0 Å². The Balaban J connectivity index is 2.54. The fraction of sp³-hybridized carbons (Fsp3) is 0.412. The van der Waals surface area contributed by atoms with Crippen LogP contribution in [0, 0.1) is 11.6 Å². The van der Waals surface area contributed by atoms with Crippen LogP contribution in [0.15, 0.2) is 23.2 Å². The molecule has 12 heteroatoms. The van der Waals surface area contributed by atoms with Crippen LogP contribution < -0.4 is 9.92 Å². The number of imidazole rings is 1. The molecule has 2 rings (SSSR count). The third kappa shape index (κ3) is 5.64. The van der Waals surface area contributed by atoms with Gasteiger partial charge in [0.15, 0.2) is 5.03 Å². The zero-order valence-electron chi connectivity index (χ0n) is 15.8. The number of benzene rings is 1. The minimum absolute atomic E-state index is 0.0143. The van der Waals surface area contributed by atoms with Gasteiger partial charge in [0.1, 0.15) is 29.8 Å². The number of hydrogen-bond acceptors (Lipinski definition) is 7. The molecule has 29 heavy (non-hydrogen) atoms. The van der Waals surface area contributed by atoms with Crippen molar-refractivity contribution in [3.8, 4) is 5.75 Å². The first-order chi connectivity index (χ1) is 13.5. The van der Waals surface area contributed by atoms with Crippen LogP contribution in [-0.2, 0) is 27.8 Å². The standard InChI is InChI=1S/C17H21F2N3O6S/c1-10(2)15-16(22(4-6-27-17(20)24)14(21-15)3-5-23)29(25,26)28-13-8-11(18)7-12(19)9-13/h7-10,23H,3-6H2,1-2H3,(H2,20,24). The number of nitrogens with two attached hydrogens (primary N) is 1. The average Bonchev–Trinajstić information content (AvgIpc) is 2.93. The molecule has 1 aromatic heterocycles. The predicted molar refractivity (Wildman–Crippen MR) is 96.8 cm³/mol. The van der Waals surface area contributed by atoms with Crippen LogP contribution in [0.5, 0.6) is 5.75 Å². The Labute approximate surface area is 166 Å². The fourth-order valence-electron chi connectivity index (χ4n) is 2.64. The van der Waals surface area contributed by atoms with Crippen molar-refractivity contribution >= 4 is 16.2 Å². The normalized spacial score (nSPS) is 11.7. The highest BCUT2D eigenvalue weighted by Crippen LogP contribution is 2.28. The lowest BCUT2D eigenvalue weighted by molar-refractivity contribution is 0.150. The van der Waals surface area contributed by atoms with Gasteiger partial charge in [-0.15, -0.1) is 0 Å². The number of amides is 1. The summed E-state index contributed by atoms with van der Waals surface area (Å²) < 4.78 is 63.6. The second-order valence-electron chi connectivity index (χ2n) is 6.31. The van der Waals surface area contributed by atoms with Crippen molar-refractivity contribution in [3.05, 3.63) is 41.4 Å². The van der Waals surface area contributed by atoms with Gasteiger partial charge in [0.2, 0.25) is 0 Å². The minimum atomic E-state index is -4.59. The van der Waals surface area contributed by atoms with Gasteiger partial charge >= 0.3 is 16.2 Å². The highest BCUT2D eigenvalue weighted by atomic mass is 32.2. The van der Waals surface area contributed by atoms with Gasteiger partial charge in [-0.3, -0.25) is 0 Å². The summed E-state index contributed by atoms with van der Waals surface area (Å²) in [6.07, 6.45) is -1.03. The molecule has 3 N–H and O–H groups in total. The van der Waals surface area contributed by atoms with Crippen LogP contribution in [0.1, 0.15) is 31.3 Å². The summed E-state index contributed by atoms with van der Waals surface area (Å²) in [5, 5.41) is 8.91. The number of ether oxygens (including phenoxy) is 1. The molecule has 0 bridgehead atoms. The van der Waals surface area contributed by atoms with E-state index in [0.29, 0.717) is 6.07 Å². The van der Waals surface area contributed by atoms with Crippen LogP contribution >= 0.6 is 0 Å². The van der Waals surface area contributed by atoms with Crippen LogP contribution in [0.25, 0.3) is 0 Å². The number of aliphatic hydroxyl groups excluding tert-OH is 1. The van der Waals surface area contributed by atoms with E-state index in [-0.39, 0.29) is 48.6 Å². The Kier molecular flexibility index (Phi) is 7.14. The topological polar surface area (TPSA) is 134 Å². The molecule has 2 aromatic rings. The first-order valence-corrected chi connectivity index (χ1v) is 9.99. The number of carbonyl (C=O) groups is 1. The van der Waals surface area contributed by atoms with Gasteiger partial charge in [-0.1, -0.05) is 13.8 Å². The van der Waals surface area contributed by atoms with E-state index in [1.807, 2.05) is 0 Å². The van der Waals surface area contributed by atoms with Gasteiger partial charge in [0, 0.05) is 24.6 Å². The Morgan fingerprint density at radius 2 is 1.90 bits per heavy atom. The first kappa shape index (κ1) is 22.6. The molecule has 0 saturated carbocycles. The molecule has 0 aliphatic rings. The van der Waals surface area contributed by atoms with Crippen molar-refractivity contribution in [3.63, 3.8) is 0 Å². The van der Waals surface area contributed by atoms with E-state index >= 15 is 0 Å². The second-order valence-corrected chi connectivity index (χ2v) is 7.77. The average molecular weight is 433 g/mol. The highest BCUT2D eigenvalue weighted by Gasteiger charge is 2.31. The minimum Gasteiger partial charge on any atom is -0.448 e. The zero-order chi connectivity index (χ0) is 21.8. The molecule has 0 fully saturated rings. The number of carbonyl (C=O) groups excluding carboxylic acids is 1. The number of primary amides is 1. The largest absolute Gasteiger partial charge is 0.448 e.